The fourth-order valence-electron chi connectivity index (χ4n) is 3.28. The Balaban J connectivity index is 1.94. The average Bonchev–Trinajstić information content (AvgIpc) is 2.53. The molecule has 0 aliphatic carbocycles. The van der Waals surface area contributed by atoms with E-state index in [4.69, 9.17) is 11.5 Å². The molecule has 1 aromatic heterocycles. The summed E-state index contributed by atoms with van der Waals surface area (Å²) in [5.74, 6) is 0.271. The van der Waals surface area contributed by atoms with Gasteiger partial charge in [-0.3, -0.25) is 0 Å². The first kappa shape index (κ1) is 14.0. The first-order valence-electron chi connectivity index (χ1n) is 7.74. The molecule has 5 nitrogen and oxygen atoms in total. The summed E-state index contributed by atoms with van der Waals surface area (Å²) in [6, 6.07) is 12.2. The molecule has 0 radical (unpaired) electrons. The number of nitrogens with two attached hydrogens (primary N) is 2. The van der Waals surface area contributed by atoms with E-state index >= 15 is 0 Å². The van der Waals surface area contributed by atoms with Gasteiger partial charge in [0.05, 0.1) is 11.2 Å². The zero-order chi connectivity index (χ0) is 16.0. The van der Waals surface area contributed by atoms with E-state index in [0.717, 1.165) is 41.7 Å². The highest BCUT2D eigenvalue weighted by molar-refractivity contribution is 6.01. The van der Waals surface area contributed by atoms with Gasteiger partial charge in [0.15, 0.2) is 0 Å². The number of likely N-dealkylation sites (N-methyl/N-ethyl adjacent to an activating group) is 1. The predicted molar refractivity (Wildman–Crippen MR) is 93.8 cm³/mol. The molecule has 0 atom stereocenters. The van der Waals surface area contributed by atoms with Gasteiger partial charge in [-0.25, -0.2) is 9.97 Å². The summed E-state index contributed by atoms with van der Waals surface area (Å²) in [4.78, 5) is 11.1. The van der Waals surface area contributed by atoms with Gasteiger partial charge in [0.1, 0.15) is 0 Å². The molecule has 23 heavy (non-hydrogen) atoms. The van der Waals surface area contributed by atoms with Crippen LogP contribution in [0.25, 0.3) is 22.2 Å². The third-order valence-corrected chi connectivity index (χ3v) is 4.46. The first-order chi connectivity index (χ1) is 11.1. The quantitative estimate of drug-likeness (QED) is 0.675. The Labute approximate surface area is 135 Å². The zero-order valence-electron chi connectivity index (χ0n) is 13.1. The molecule has 1 aliphatic rings. The second-order valence-electron chi connectivity index (χ2n) is 6.14. The minimum absolute atomic E-state index is 0.271. The van der Waals surface area contributed by atoms with Crippen molar-refractivity contribution in [2.45, 2.75) is 13.0 Å². The van der Waals surface area contributed by atoms with Crippen molar-refractivity contribution in [2.24, 2.45) is 0 Å². The standard InChI is InChI=1S/C18H19N5/c1-23-8-7-11-5-6-12(9-13(11)10-23)17-16-14(19)3-2-4-15(16)21-18(20)22-17/h2-6,9H,7-8,10,19H2,1H3,(H2,20,21,22). The van der Waals surface area contributed by atoms with Crippen LogP contribution in [0.1, 0.15) is 11.1 Å². The van der Waals surface area contributed by atoms with Gasteiger partial charge in [-0.05, 0) is 42.8 Å². The molecule has 4 N–H and O–H groups in total. The number of nitrogen functional groups attached to an aromatic ring is 2. The summed E-state index contributed by atoms with van der Waals surface area (Å²) < 4.78 is 0. The van der Waals surface area contributed by atoms with Crippen LogP contribution in [0.15, 0.2) is 36.4 Å². The van der Waals surface area contributed by atoms with Crippen LogP contribution in [-0.4, -0.2) is 28.5 Å². The third-order valence-electron chi connectivity index (χ3n) is 4.46. The van der Waals surface area contributed by atoms with Crippen molar-refractivity contribution in [3.63, 3.8) is 0 Å². The lowest BCUT2D eigenvalue weighted by molar-refractivity contribution is 0.313. The van der Waals surface area contributed by atoms with Crippen LogP contribution in [0.4, 0.5) is 11.6 Å². The fraction of sp³-hybridized carbons (Fsp3) is 0.222. The lowest BCUT2D eigenvalue weighted by Crippen LogP contribution is -2.26. The van der Waals surface area contributed by atoms with E-state index in [1.54, 1.807) is 0 Å². The number of benzene rings is 2. The highest BCUT2D eigenvalue weighted by Crippen LogP contribution is 2.32. The van der Waals surface area contributed by atoms with Gasteiger partial charge < -0.3 is 16.4 Å². The lowest BCUT2D eigenvalue weighted by atomic mass is 9.95. The van der Waals surface area contributed by atoms with Crippen LogP contribution in [0.3, 0.4) is 0 Å². The summed E-state index contributed by atoms with van der Waals surface area (Å²) in [7, 11) is 2.14. The first-order valence-corrected chi connectivity index (χ1v) is 7.74. The number of nitrogens with zero attached hydrogens (tertiary/aromatic N) is 3. The number of rotatable bonds is 1. The zero-order valence-corrected chi connectivity index (χ0v) is 13.1. The Kier molecular flexibility index (Phi) is 3.16. The van der Waals surface area contributed by atoms with Gasteiger partial charge in [-0.2, -0.15) is 0 Å². The highest BCUT2D eigenvalue weighted by atomic mass is 15.1. The van der Waals surface area contributed by atoms with E-state index in [1.807, 2.05) is 18.2 Å². The molecule has 0 bridgehead atoms. The number of hydrogen-bond acceptors (Lipinski definition) is 5. The van der Waals surface area contributed by atoms with Crippen molar-refractivity contribution in [1.82, 2.24) is 14.9 Å². The minimum atomic E-state index is 0.271. The Hall–Kier alpha value is -2.66. The summed E-state index contributed by atoms with van der Waals surface area (Å²) in [5.41, 5.74) is 18.1. The summed E-state index contributed by atoms with van der Waals surface area (Å²) >= 11 is 0. The topological polar surface area (TPSA) is 81.1 Å². The number of anilines is 2. The number of aromatic nitrogens is 2. The summed E-state index contributed by atoms with van der Waals surface area (Å²) in [6.45, 7) is 2.06. The van der Waals surface area contributed by atoms with E-state index in [-0.39, 0.29) is 5.95 Å². The molecule has 0 fully saturated rings. The van der Waals surface area contributed by atoms with Crippen molar-refractivity contribution < 1.29 is 0 Å². The summed E-state index contributed by atoms with van der Waals surface area (Å²) in [6.07, 6.45) is 1.08. The van der Waals surface area contributed by atoms with Crippen molar-refractivity contribution in [1.29, 1.82) is 0 Å². The van der Waals surface area contributed by atoms with Crippen LogP contribution in [-0.2, 0) is 13.0 Å². The molecule has 0 unspecified atom stereocenters. The molecule has 0 saturated carbocycles. The minimum Gasteiger partial charge on any atom is -0.398 e. The summed E-state index contributed by atoms with van der Waals surface area (Å²) in [5, 5.41) is 0.866. The molecular formula is C18H19N5. The molecule has 5 heteroatoms. The van der Waals surface area contributed by atoms with Crippen molar-refractivity contribution in [3.8, 4) is 11.3 Å². The Morgan fingerprint density at radius 2 is 1.91 bits per heavy atom. The van der Waals surface area contributed by atoms with Gasteiger partial charge in [0.25, 0.3) is 0 Å². The van der Waals surface area contributed by atoms with E-state index < -0.39 is 0 Å². The molecule has 2 heterocycles. The molecule has 4 rings (SSSR count). The van der Waals surface area contributed by atoms with Crippen LogP contribution in [0.5, 0.6) is 0 Å². The van der Waals surface area contributed by atoms with Crippen LogP contribution >= 0.6 is 0 Å². The van der Waals surface area contributed by atoms with E-state index in [2.05, 4.69) is 40.1 Å². The molecule has 0 spiro atoms. The second kappa shape index (κ2) is 5.21. The maximum absolute atomic E-state index is 6.18. The Bertz CT molecular complexity index is 903. The fourth-order valence-corrected chi connectivity index (χ4v) is 3.28. The molecule has 2 aromatic carbocycles. The number of hydrogen-bond donors (Lipinski definition) is 2. The smallest absolute Gasteiger partial charge is 0.221 e. The molecule has 116 valence electrons. The normalized spacial score (nSPS) is 14.8. The molecule has 0 saturated heterocycles. The van der Waals surface area contributed by atoms with Gasteiger partial charge in [0.2, 0.25) is 5.95 Å². The van der Waals surface area contributed by atoms with E-state index in [9.17, 15) is 0 Å². The lowest BCUT2D eigenvalue weighted by Gasteiger charge is -2.25. The Morgan fingerprint density at radius 3 is 2.78 bits per heavy atom. The van der Waals surface area contributed by atoms with Gasteiger partial charge in [-0.1, -0.05) is 18.2 Å². The maximum atomic E-state index is 6.18. The predicted octanol–water partition coefficient (Wildman–Crippen LogP) is 2.45. The number of fused-ring (bicyclic) bond motifs is 2. The maximum Gasteiger partial charge on any atom is 0.221 e. The highest BCUT2D eigenvalue weighted by Gasteiger charge is 2.16. The molecular weight excluding hydrogens is 286 g/mol. The van der Waals surface area contributed by atoms with Gasteiger partial charge >= 0.3 is 0 Å². The largest absolute Gasteiger partial charge is 0.398 e. The third kappa shape index (κ3) is 2.39. The molecule has 3 aromatic rings. The van der Waals surface area contributed by atoms with Crippen LogP contribution in [0.2, 0.25) is 0 Å². The van der Waals surface area contributed by atoms with Crippen molar-refractivity contribution >= 4 is 22.5 Å². The monoisotopic (exact) mass is 305 g/mol. The molecule has 1 aliphatic heterocycles. The van der Waals surface area contributed by atoms with E-state index in [1.165, 1.54) is 11.1 Å². The SMILES string of the molecule is CN1CCc2ccc(-c3nc(N)nc4cccc(N)c34)cc2C1. The van der Waals surface area contributed by atoms with Crippen LogP contribution in [0, 0.1) is 0 Å². The van der Waals surface area contributed by atoms with E-state index in [0.29, 0.717) is 5.69 Å². The van der Waals surface area contributed by atoms with Gasteiger partial charge in [-0.15, -0.1) is 0 Å². The molecule has 0 amide bonds. The van der Waals surface area contributed by atoms with Crippen molar-refractivity contribution in [2.75, 3.05) is 25.1 Å². The average molecular weight is 305 g/mol. The van der Waals surface area contributed by atoms with Gasteiger partial charge in [0, 0.05) is 29.7 Å². The van der Waals surface area contributed by atoms with Crippen LogP contribution < -0.4 is 11.5 Å². The second-order valence-corrected chi connectivity index (χ2v) is 6.14. The van der Waals surface area contributed by atoms with Crippen molar-refractivity contribution in [3.05, 3.63) is 47.5 Å². The Morgan fingerprint density at radius 1 is 1.04 bits per heavy atom.